The Labute approximate surface area is 588 Å². The topological polar surface area (TPSA) is 390 Å². The number of nitrogens with zero attached hydrogens (tertiary/aromatic N) is 8. The summed E-state index contributed by atoms with van der Waals surface area (Å²) in [6.07, 6.45) is -1.63. The lowest BCUT2D eigenvalue weighted by molar-refractivity contribution is -0.133. The van der Waals surface area contributed by atoms with Crippen LogP contribution in [0, 0.1) is 17.8 Å². The molecule has 12 rings (SSSR count). The number of ether oxygens (including phenoxy) is 2. The summed E-state index contributed by atoms with van der Waals surface area (Å²) in [6.45, 7) is -9.89. The molecular weight excluding hydrogens is 1390 g/mol. The Bertz CT molecular complexity index is 4390. The van der Waals surface area contributed by atoms with Crippen LogP contribution >= 0.6 is 25.2 Å². The second-order valence-corrected chi connectivity index (χ2v) is 31.3. The molecule has 12 atom stereocenters. The summed E-state index contributed by atoms with van der Waals surface area (Å²) in [6, 6.07) is 22.9. The van der Waals surface area contributed by atoms with Gasteiger partial charge in [-0.25, -0.2) is 15.0 Å². The van der Waals surface area contributed by atoms with Gasteiger partial charge in [-0.2, -0.15) is 21.7 Å². The Morgan fingerprint density at radius 1 is 0.740 bits per heavy atom. The zero-order valence-electron chi connectivity index (χ0n) is 54.2. The Balaban J connectivity index is 0.641. The Morgan fingerprint density at radius 3 is 2.25 bits per heavy atom. The fourth-order valence-corrected chi connectivity index (χ4v) is 16.1. The van der Waals surface area contributed by atoms with Crippen LogP contribution in [0.25, 0.3) is 22.2 Å². The molecule has 4 aliphatic heterocycles. The van der Waals surface area contributed by atoms with Gasteiger partial charge in [0.25, 0.3) is 0 Å². The number of nitrogens with one attached hydrogen (secondary N) is 4. The van der Waals surface area contributed by atoms with Gasteiger partial charge < -0.3 is 75.0 Å². The number of amides is 4. The van der Waals surface area contributed by atoms with Gasteiger partial charge in [-0.05, 0) is 109 Å². The number of para-hydroxylation sites is 1. The number of Topliss-reactive ketones (excluding diaryl/α,β-unsaturated/α-hetero) is 2. The lowest BCUT2D eigenvalue weighted by Gasteiger charge is -2.28. The standard InChI is InChI=1S/C66H75N13O16P2S3/c1-100-28-25-47(74-62(86)43(29-38-11-3-2-4-12-38)30-45(81)31-70-51(82)23-21-44(80)22-24-52(83)77-32-41-15-6-5-13-39(41)19-20-40-14-8-10-18-48(40)77)63(87)68-26-27-69-66-75-59(67)54-61(76-66)79(37-73-54)65-58-55(84)49(92-65)34-90-96(88,98)94-57-50(35-91-97(89,99)95-58)93-64(56(57)85)78-33-42-16-7-9-17-46-53(42)60(78)72-36-71-46/h2-6,8,10-15,18,33,36-37,43,47,49-50,55-58,64-65,84-85H,7,9,16-17,21-32,34-35H2,1H3,(H,68,87)(H,70,82)(H,74,86)(H,88,98)(H,89,99)(H3,67,69,75,76)/t43-,47+,49-,50-,55-,56-,57-,58-,64-,65-,96?,97?/m1/s1. The summed E-state index contributed by atoms with van der Waals surface area (Å²) in [4.78, 5) is 129. The molecule has 2 bridgehead atoms. The van der Waals surface area contributed by atoms with Crippen molar-refractivity contribution < 1.29 is 76.3 Å². The predicted molar refractivity (Wildman–Crippen MR) is 375 cm³/mol. The number of ketones is 2. The van der Waals surface area contributed by atoms with Crippen molar-refractivity contribution >= 4 is 124 Å². The van der Waals surface area contributed by atoms with Crippen molar-refractivity contribution in [3.63, 3.8) is 0 Å². The number of hydrogen-bond acceptors (Lipinski definition) is 24. The molecule has 34 heteroatoms. The molecule has 4 amide bonds. The lowest BCUT2D eigenvalue weighted by Crippen LogP contribution is -2.50. The van der Waals surface area contributed by atoms with Gasteiger partial charge in [-0.3, -0.25) is 42.4 Å². The summed E-state index contributed by atoms with van der Waals surface area (Å²) in [5.74, 6) is 3.15. The maximum absolute atomic E-state index is 14.2. The highest BCUT2D eigenvalue weighted by Crippen LogP contribution is 2.54. The summed E-state index contributed by atoms with van der Waals surface area (Å²) < 4.78 is 39.4. The van der Waals surface area contributed by atoms with Crippen LogP contribution in [0.1, 0.15) is 97.3 Å². The number of fused-ring (bicyclic) bond motifs is 6. The molecule has 29 nitrogen and oxygen atoms in total. The number of imidazole rings is 1. The second kappa shape index (κ2) is 32.2. The minimum atomic E-state index is -4.37. The van der Waals surface area contributed by atoms with Crippen LogP contribution in [-0.2, 0) is 106 Å². The zero-order valence-corrected chi connectivity index (χ0v) is 58.4. The number of thioether (sulfide) groups is 1. The molecule has 100 heavy (non-hydrogen) atoms. The molecule has 5 aliphatic rings. The van der Waals surface area contributed by atoms with E-state index in [1.807, 2.05) is 79.2 Å². The monoisotopic (exact) mass is 1460 g/mol. The molecule has 0 saturated carbocycles. The maximum Gasteiger partial charge on any atom is 0.325 e. The first kappa shape index (κ1) is 72.3. The fraction of sp³-hybridized carbons (Fsp3) is 0.439. The summed E-state index contributed by atoms with van der Waals surface area (Å²) in [5.41, 5.74) is 12.8. The van der Waals surface area contributed by atoms with Crippen LogP contribution in [0.2, 0.25) is 0 Å². The van der Waals surface area contributed by atoms with E-state index in [1.165, 1.54) is 29.0 Å². The van der Waals surface area contributed by atoms with Crippen LogP contribution in [-0.4, -0.2) is 177 Å². The van der Waals surface area contributed by atoms with Gasteiger partial charge in [-0.15, -0.1) is 0 Å². The molecule has 7 aromatic rings. The molecule has 3 fully saturated rings. The minimum Gasteiger partial charge on any atom is -0.387 e. The number of nitrogens with two attached hydrogens (primary N) is 1. The number of carbonyl (C=O) groups excluding carboxylic acids is 6. The number of aliphatic hydroxyl groups is 2. The number of anilines is 3. The van der Waals surface area contributed by atoms with E-state index in [0.29, 0.717) is 22.7 Å². The first-order valence-electron chi connectivity index (χ1n) is 32.7. The van der Waals surface area contributed by atoms with Crippen molar-refractivity contribution in [1.29, 1.82) is 0 Å². The first-order chi connectivity index (χ1) is 48.2. The molecular formula is C66H75N13O16P2S3. The molecule has 3 saturated heterocycles. The van der Waals surface area contributed by atoms with Crippen LogP contribution in [0.5, 0.6) is 0 Å². The molecule has 10 N–H and O–H groups in total. The number of hydrogen-bond donors (Lipinski definition) is 9. The van der Waals surface area contributed by atoms with Gasteiger partial charge in [0, 0.05) is 73.8 Å². The van der Waals surface area contributed by atoms with E-state index < -0.39 is 118 Å². The SMILES string of the molecule is CSCC[C@H](NC(=O)[C@@H](CC(=O)CNC(=O)CCC(=O)CCC(=O)N1Cc2ccccc2C#Cc2ccccc21)Cc1ccccc1)C(=O)NCCNc1nc(N)c2ncn([C@@H]3O[C@@H]4COP(O)(=S)O[C@H]5[C@@H](O)[C@H](n6cc7c8c(ncnc86)CCCC7)O[C@@H]5COP(O)(=S)O[C@@H]3[C@@H]4O)c2n1. The average molecular weight is 1460 g/mol. The third kappa shape index (κ3) is 17.1. The quantitative estimate of drug-likeness (QED) is 0.0232. The zero-order chi connectivity index (χ0) is 70.2. The van der Waals surface area contributed by atoms with E-state index in [1.54, 1.807) is 21.6 Å². The predicted octanol–water partition coefficient (Wildman–Crippen LogP) is 4.28. The smallest absolute Gasteiger partial charge is 0.325 e. The van der Waals surface area contributed by atoms with Crippen molar-refractivity contribution in [2.45, 2.75) is 132 Å². The van der Waals surface area contributed by atoms with Gasteiger partial charge in [0.1, 0.15) is 65.9 Å². The normalized spacial score (nSPS) is 24.8. The number of benzene rings is 3. The van der Waals surface area contributed by atoms with Crippen molar-refractivity contribution in [3.8, 4) is 11.8 Å². The van der Waals surface area contributed by atoms with E-state index in [0.717, 1.165) is 59.0 Å². The van der Waals surface area contributed by atoms with E-state index in [4.69, 9.17) is 56.9 Å². The van der Waals surface area contributed by atoms with Crippen molar-refractivity contribution in [2.75, 3.05) is 60.8 Å². The third-order valence-corrected chi connectivity index (χ3v) is 21.6. The van der Waals surface area contributed by atoms with Gasteiger partial charge in [-0.1, -0.05) is 72.5 Å². The number of nitrogen functional groups attached to an aromatic ring is 1. The number of aromatic nitrogens is 7. The van der Waals surface area contributed by atoms with Gasteiger partial charge in [0.05, 0.1) is 44.0 Å². The average Bonchev–Trinajstić information content (AvgIpc) is 1.60. The lowest BCUT2D eigenvalue weighted by atomic mass is 9.92. The van der Waals surface area contributed by atoms with Crippen LogP contribution in [0.4, 0.5) is 17.5 Å². The summed E-state index contributed by atoms with van der Waals surface area (Å²) in [7, 11) is 0. The largest absolute Gasteiger partial charge is 0.387 e. The van der Waals surface area contributed by atoms with Crippen molar-refractivity contribution in [3.05, 3.63) is 131 Å². The molecule has 4 aromatic heterocycles. The number of rotatable bonds is 24. The molecule has 0 radical (unpaired) electrons. The Morgan fingerprint density at radius 2 is 1.45 bits per heavy atom. The van der Waals surface area contributed by atoms with E-state index in [-0.39, 0.29) is 99.2 Å². The van der Waals surface area contributed by atoms with E-state index in [9.17, 15) is 48.8 Å². The van der Waals surface area contributed by atoms with Crippen molar-refractivity contribution in [2.24, 2.45) is 5.92 Å². The van der Waals surface area contributed by atoms with Crippen molar-refractivity contribution in [1.82, 2.24) is 50.0 Å². The summed E-state index contributed by atoms with van der Waals surface area (Å²) >= 11 is 12.5. The number of carbonyl (C=O) groups is 6. The molecule has 528 valence electrons. The minimum absolute atomic E-state index is 0.0100. The van der Waals surface area contributed by atoms with Gasteiger partial charge in [0.2, 0.25) is 29.6 Å². The highest BCUT2D eigenvalue weighted by Gasteiger charge is 2.53. The Hall–Kier alpha value is -7.54. The fourth-order valence-electron chi connectivity index (χ4n) is 12.8. The number of aliphatic hydroxyl groups excluding tert-OH is 2. The van der Waals surface area contributed by atoms with Crippen LogP contribution in [0.3, 0.4) is 0 Å². The van der Waals surface area contributed by atoms with Crippen LogP contribution in [0.15, 0.2) is 97.7 Å². The third-order valence-electron chi connectivity index (χ3n) is 17.8. The van der Waals surface area contributed by atoms with Crippen LogP contribution < -0.4 is 31.9 Å². The number of aryl methyl sites for hydroxylation is 2. The second-order valence-electron chi connectivity index (χ2n) is 24.7. The van der Waals surface area contributed by atoms with Gasteiger partial charge >= 0.3 is 13.4 Å². The molecule has 3 aromatic carbocycles. The molecule has 1 aliphatic carbocycles. The van der Waals surface area contributed by atoms with E-state index >= 15 is 0 Å². The first-order valence-corrected chi connectivity index (χ1v) is 39.2. The molecule has 2 unspecified atom stereocenters. The van der Waals surface area contributed by atoms with Gasteiger partial charge in [0.15, 0.2) is 29.7 Å². The highest BCUT2D eigenvalue weighted by atomic mass is 32.5. The highest BCUT2D eigenvalue weighted by molar-refractivity contribution is 8.07. The molecule has 0 spiro atoms. The Kier molecular flexibility index (Phi) is 23.3. The summed E-state index contributed by atoms with van der Waals surface area (Å²) in [5, 5.41) is 35.8. The molecule has 8 heterocycles. The maximum atomic E-state index is 14.2. The van der Waals surface area contributed by atoms with E-state index in [2.05, 4.69) is 58.0 Å².